The molecule has 0 bridgehead atoms. The van der Waals surface area contributed by atoms with Crippen LogP contribution in [0.4, 0.5) is 0 Å². The predicted molar refractivity (Wildman–Crippen MR) is 64.4 cm³/mol. The Bertz CT molecular complexity index is 133. The van der Waals surface area contributed by atoms with Crippen molar-refractivity contribution in [3.05, 3.63) is 0 Å². The zero-order chi connectivity index (χ0) is 10.4. The van der Waals surface area contributed by atoms with Gasteiger partial charge in [0.2, 0.25) is 0 Å². The van der Waals surface area contributed by atoms with Gasteiger partial charge >= 0.3 is 0 Å². The standard InChI is InChI=1S/C14H28/c1-4-9-12(3)14(5-2)13-10-7-6-8-11-13/h12-14H,4-11H2,1-3H3. The molecule has 0 nitrogen and oxygen atoms in total. The van der Waals surface area contributed by atoms with Gasteiger partial charge in [-0.15, -0.1) is 0 Å². The van der Waals surface area contributed by atoms with Crippen LogP contribution in [0.1, 0.15) is 72.1 Å². The summed E-state index contributed by atoms with van der Waals surface area (Å²) in [6, 6.07) is 0. The van der Waals surface area contributed by atoms with E-state index in [1.54, 1.807) is 0 Å². The van der Waals surface area contributed by atoms with Gasteiger partial charge in [-0.05, 0) is 17.8 Å². The first-order valence-corrected chi connectivity index (χ1v) is 6.79. The average molecular weight is 196 g/mol. The normalized spacial score (nSPS) is 23.4. The molecule has 1 fully saturated rings. The van der Waals surface area contributed by atoms with Crippen molar-refractivity contribution in [2.75, 3.05) is 0 Å². The Labute approximate surface area is 90.5 Å². The van der Waals surface area contributed by atoms with Crippen molar-refractivity contribution in [2.24, 2.45) is 17.8 Å². The van der Waals surface area contributed by atoms with E-state index in [1.807, 2.05) is 0 Å². The van der Waals surface area contributed by atoms with Gasteiger partial charge in [0.05, 0.1) is 0 Å². The number of rotatable bonds is 5. The molecule has 0 aromatic heterocycles. The molecular formula is C14H28. The van der Waals surface area contributed by atoms with Crippen molar-refractivity contribution in [1.29, 1.82) is 0 Å². The topological polar surface area (TPSA) is 0 Å². The van der Waals surface area contributed by atoms with Crippen LogP contribution in [0.5, 0.6) is 0 Å². The minimum absolute atomic E-state index is 0.966. The summed E-state index contributed by atoms with van der Waals surface area (Å²) in [4.78, 5) is 0. The van der Waals surface area contributed by atoms with Crippen molar-refractivity contribution < 1.29 is 0 Å². The zero-order valence-corrected chi connectivity index (χ0v) is 10.4. The molecule has 0 radical (unpaired) electrons. The second kappa shape index (κ2) is 6.48. The van der Waals surface area contributed by atoms with Gasteiger partial charge in [-0.1, -0.05) is 72.1 Å². The van der Waals surface area contributed by atoms with Crippen molar-refractivity contribution in [3.63, 3.8) is 0 Å². The van der Waals surface area contributed by atoms with Crippen LogP contribution in [0.3, 0.4) is 0 Å². The molecule has 0 heteroatoms. The highest BCUT2D eigenvalue weighted by atomic mass is 14.3. The lowest BCUT2D eigenvalue weighted by Gasteiger charge is -2.33. The average Bonchev–Trinajstić information content (AvgIpc) is 2.21. The Morgan fingerprint density at radius 2 is 1.71 bits per heavy atom. The summed E-state index contributed by atoms with van der Waals surface area (Å²) < 4.78 is 0. The SMILES string of the molecule is CCCC(C)C(CC)C1CCCCC1. The van der Waals surface area contributed by atoms with Gasteiger partial charge in [0.25, 0.3) is 0 Å². The van der Waals surface area contributed by atoms with E-state index < -0.39 is 0 Å². The number of hydrogen-bond donors (Lipinski definition) is 0. The highest BCUT2D eigenvalue weighted by Gasteiger charge is 2.25. The highest BCUT2D eigenvalue weighted by molar-refractivity contribution is 4.76. The Kier molecular flexibility index (Phi) is 5.59. The fourth-order valence-corrected chi connectivity index (χ4v) is 3.43. The van der Waals surface area contributed by atoms with Crippen LogP contribution < -0.4 is 0 Å². The van der Waals surface area contributed by atoms with E-state index in [0.717, 1.165) is 17.8 Å². The summed E-state index contributed by atoms with van der Waals surface area (Å²) in [5.74, 6) is 3.05. The van der Waals surface area contributed by atoms with Crippen molar-refractivity contribution in [1.82, 2.24) is 0 Å². The Hall–Kier alpha value is 0. The Balaban J connectivity index is 2.41. The van der Waals surface area contributed by atoms with E-state index in [0.29, 0.717) is 0 Å². The van der Waals surface area contributed by atoms with Crippen LogP contribution in [0.25, 0.3) is 0 Å². The van der Waals surface area contributed by atoms with Gasteiger partial charge in [0.15, 0.2) is 0 Å². The van der Waals surface area contributed by atoms with Gasteiger partial charge < -0.3 is 0 Å². The maximum atomic E-state index is 2.48. The molecule has 0 aliphatic heterocycles. The zero-order valence-electron chi connectivity index (χ0n) is 10.4. The lowest BCUT2D eigenvalue weighted by Crippen LogP contribution is -2.23. The van der Waals surface area contributed by atoms with Crippen LogP contribution in [-0.4, -0.2) is 0 Å². The molecule has 0 aromatic rings. The van der Waals surface area contributed by atoms with Gasteiger partial charge in [-0.25, -0.2) is 0 Å². The third kappa shape index (κ3) is 3.29. The monoisotopic (exact) mass is 196 g/mol. The lowest BCUT2D eigenvalue weighted by molar-refractivity contribution is 0.174. The third-order valence-electron chi connectivity index (χ3n) is 4.20. The maximum Gasteiger partial charge on any atom is -0.0363 e. The highest BCUT2D eigenvalue weighted by Crippen LogP contribution is 2.37. The first kappa shape index (κ1) is 12.1. The maximum absolute atomic E-state index is 2.48. The summed E-state index contributed by atoms with van der Waals surface area (Å²) in [6.45, 7) is 7.20. The van der Waals surface area contributed by atoms with E-state index in [2.05, 4.69) is 20.8 Å². The molecule has 0 heterocycles. The van der Waals surface area contributed by atoms with E-state index in [1.165, 1.54) is 51.4 Å². The van der Waals surface area contributed by atoms with Gasteiger partial charge in [0.1, 0.15) is 0 Å². The molecule has 1 aliphatic rings. The number of hydrogen-bond acceptors (Lipinski definition) is 0. The van der Waals surface area contributed by atoms with Crippen LogP contribution in [-0.2, 0) is 0 Å². The molecule has 1 saturated carbocycles. The first-order chi connectivity index (χ1) is 6.79. The second-order valence-electron chi connectivity index (χ2n) is 5.24. The molecule has 14 heavy (non-hydrogen) atoms. The minimum atomic E-state index is 0.966. The van der Waals surface area contributed by atoms with Gasteiger partial charge in [-0.2, -0.15) is 0 Å². The molecule has 84 valence electrons. The molecule has 1 aliphatic carbocycles. The molecule has 0 spiro atoms. The predicted octanol–water partition coefficient (Wildman–Crippen LogP) is 5.03. The summed E-state index contributed by atoms with van der Waals surface area (Å²) >= 11 is 0. The van der Waals surface area contributed by atoms with Crippen molar-refractivity contribution in [3.8, 4) is 0 Å². The molecule has 1 rings (SSSR count). The first-order valence-electron chi connectivity index (χ1n) is 6.79. The Morgan fingerprint density at radius 3 is 2.21 bits per heavy atom. The smallest absolute Gasteiger partial charge is 0.0363 e. The molecule has 0 N–H and O–H groups in total. The quantitative estimate of drug-likeness (QED) is 0.578. The third-order valence-corrected chi connectivity index (χ3v) is 4.20. The van der Waals surface area contributed by atoms with Crippen molar-refractivity contribution in [2.45, 2.75) is 72.1 Å². The molecule has 0 aromatic carbocycles. The fraction of sp³-hybridized carbons (Fsp3) is 1.00. The second-order valence-corrected chi connectivity index (χ2v) is 5.24. The summed E-state index contributed by atoms with van der Waals surface area (Å²) in [5, 5.41) is 0. The van der Waals surface area contributed by atoms with E-state index in [9.17, 15) is 0 Å². The fourth-order valence-electron chi connectivity index (χ4n) is 3.43. The van der Waals surface area contributed by atoms with E-state index in [4.69, 9.17) is 0 Å². The van der Waals surface area contributed by atoms with Crippen LogP contribution in [0.15, 0.2) is 0 Å². The molecule has 2 unspecified atom stereocenters. The van der Waals surface area contributed by atoms with Crippen LogP contribution in [0, 0.1) is 17.8 Å². The molecule has 0 saturated heterocycles. The Morgan fingerprint density at radius 1 is 1.07 bits per heavy atom. The van der Waals surface area contributed by atoms with Gasteiger partial charge in [0, 0.05) is 0 Å². The minimum Gasteiger partial charge on any atom is -0.0654 e. The molecule has 2 atom stereocenters. The van der Waals surface area contributed by atoms with E-state index in [-0.39, 0.29) is 0 Å². The summed E-state index contributed by atoms with van der Waals surface area (Å²) in [5.41, 5.74) is 0. The lowest BCUT2D eigenvalue weighted by atomic mass is 9.72. The van der Waals surface area contributed by atoms with Crippen LogP contribution >= 0.6 is 0 Å². The molecular weight excluding hydrogens is 168 g/mol. The van der Waals surface area contributed by atoms with Crippen LogP contribution in [0.2, 0.25) is 0 Å². The van der Waals surface area contributed by atoms with Crippen molar-refractivity contribution >= 4 is 0 Å². The van der Waals surface area contributed by atoms with Gasteiger partial charge in [-0.3, -0.25) is 0 Å². The molecule has 0 amide bonds. The van der Waals surface area contributed by atoms with E-state index >= 15 is 0 Å². The summed E-state index contributed by atoms with van der Waals surface area (Å²) in [7, 11) is 0. The largest absolute Gasteiger partial charge is 0.0654 e. The summed E-state index contributed by atoms with van der Waals surface area (Å²) in [6.07, 6.45) is 11.7.